The van der Waals surface area contributed by atoms with Crippen LogP contribution < -0.4 is 27.4 Å². The van der Waals surface area contributed by atoms with E-state index in [1.807, 2.05) is 0 Å². The van der Waals surface area contributed by atoms with Crippen molar-refractivity contribution in [3.05, 3.63) is 0 Å². The second-order valence-electron chi connectivity index (χ2n) is 8.08. The maximum absolute atomic E-state index is 12.9. The number of Topliss-reactive ketones (excluding diaryl/α,β-unsaturated/α-hetero) is 1. The van der Waals surface area contributed by atoms with E-state index in [1.165, 1.54) is 6.92 Å². The summed E-state index contributed by atoms with van der Waals surface area (Å²) in [7, 11) is 1.68. The highest BCUT2D eigenvalue weighted by atomic mass is 16.2. The molecule has 1 heterocycles. The van der Waals surface area contributed by atoms with Crippen molar-refractivity contribution in [1.82, 2.24) is 20.9 Å². The monoisotopic (exact) mass is 440 g/mol. The third kappa shape index (κ3) is 9.32. The lowest BCUT2D eigenvalue weighted by Gasteiger charge is -2.27. The van der Waals surface area contributed by atoms with Crippen molar-refractivity contribution in [2.24, 2.45) is 11.5 Å². The number of nitrogens with one attached hydrogen (secondary N) is 3. The molecule has 3 amide bonds. The van der Waals surface area contributed by atoms with E-state index in [1.54, 1.807) is 11.9 Å². The van der Waals surface area contributed by atoms with Crippen LogP contribution in [0.3, 0.4) is 0 Å². The summed E-state index contributed by atoms with van der Waals surface area (Å²) in [6.45, 7) is 3.15. The number of ketones is 1. The standard InChI is InChI=1S/C21H40N6O4/c1-15(28)16(8-3-5-11-22)25-20(30)17(9-4-6-12-23)26-21(31)18-10-7-13-27(18)19(29)14-24-2/h16-18,24H,3-14,22-23H2,1-2H3,(H,25,30)(H,26,31)/t16-,17-,18-/m0/s1. The number of unbranched alkanes of at least 4 members (excludes halogenated alkanes) is 2. The molecule has 0 aromatic heterocycles. The molecule has 0 unspecified atom stereocenters. The van der Waals surface area contributed by atoms with Gasteiger partial charge in [-0.25, -0.2) is 0 Å². The molecule has 1 rings (SSSR count). The quantitative estimate of drug-likeness (QED) is 0.204. The number of amides is 3. The summed E-state index contributed by atoms with van der Waals surface area (Å²) in [5.74, 6) is -0.986. The van der Waals surface area contributed by atoms with Crippen LogP contribution in [0.4, 0.5) is 0 Å². The normalized spacial score (nSPS) is 17.8. The van der Waals surface area contributed by atoms with Gasteiger partial charge >= 0.3 is 0 Å². The maximum atomic E-state index is 12.9. The van der Waals surface area contributed by atoms with E-state index < -0.39 is 18.1 Å². The smallest absolute Gasteiger partial charge is 0.243 e. The number of nitrogens with two attached hydrogens (primary N) is 2. The van der Waals surface area contributed by atoms with E-state index in [0.717, 1.165) is 25.7 Å². The predicted molar refractivity (Wildman–Crippen MR) is 119 cm³/mol. The van der Waals surface area contributed by atoms with Crippen LogP contribution in [0.1, 0.15) is 58.3 Å². The van der Waals surface area contributed by atoms with Crippen LogP contribution in [-0.2, 0) is 19.2 Å². The number of likely N-dealkylation sites (tertiary alicyclic amines) is 1. The van der Waals surface area contributed by atoms with Gasteiger partial charge < -0.3 is 32.3 Å². The molecule has 0 spiro atoms. The fourth-order valence-corrected chi connectivity index (χ4v) is 3.76. The van der Waals surface area contributed by atoms with Crippen molar-refractivity contribution >= 4 is 23.5 Å². The van der Waals surface area contributed by atoms with Gasteiger partial charge in [0.05, 0.1) is 12.6 Å². The molecule has 10 heteroatoms. The predicted octanol–water partition coefficient (Wildman–Crippen LogP) is -0.987. The first-order chi connectivity index (χ1) is 14.8. The van der Waals surface area contributed by atoms with Gasteiger partial charge in [0.2, 0.25) is 17.7 Å². The van der Waals surface area contributed by atoms with Crippen molar-refractivity contribution in [2.75, 3.05) is 33.2 Å². The van der Waals surface area contributed by atoms with E-state index in [0.29, 0.717) is 45.3 Å². The number of hydrogen-bond acceptors (Lipinski definition) is 7. The van der Waals surface area contributed by atoms with Crippen LogP contribution in [0.15, 0.2) is 0 Å². The Morgan fingerprint density at radius 3 is 2.13 bits per heavy atom. The zero-order valence-electron chi connectivity index (χ0n) is 19.0. The third-order valence-corrected chi connectivity index (χ3v) is 5.54. The molecule has 0 aromatic rings. The Morgan fingerprint density at radius 1 is 0.968 bits per heavy atom. The van der Waals surface area contributed by atoms with E-state index >= 15 is 0 Å². The number of nitrogens with zero attached hydrogens (tertiary/aromatic N) is 1. The van der Waals surface area contributed by atoms with Gasteiger partial charge in [-0.3, -0.25) is 19.2 Å². The summed E-state index contributed by atoms with van der Waals surface area (Å²) < 4.78 is 0. The highest BCUT2D eigenvalue weighted by Gasteiger charge is 2.35. The Balaban J connectivity index is 2.81. The van der Waals surface area contributed by atoms with Gasteiger partial charge in [-0.2, -0.15) is 0 Å². The number of rotatable bonds is 15. The van der Waals surface area contributed by atoms with Crippen molar-refractivity contribution in [2.45, 2.75) is 76.4 Å². The molecule has 0 saturated carbocycles. The number of likely N-dealkylation sites (N-methyl/N-ethyl adjacent to an activating group) is 1. The van der Waals surface area contributed by atoms with Crippen LogP contribution >= 0.6 is 0 Å². The SMILES string of the molecule is CNCC(=O)N1CCC[C@H]1C(=O)N[C@@H](CCCCN)C(=O)N[C@@H](CCCCN)C(C)=O. The van der Waals surface area contributed by atoms with Gasteiger partial charge in [0.25, 0.3) is 0 Å². The molecule has 1 saturated heterocycles. The van der Waals surface area contributed by atoms with Gasteiger partial charge in [-0.1, -0.05) is 0 Å². The topological polar surface area (TPSA) is 160 Å². The molecule has 31 heavy (non-hydrogen) atoms. The van der Waals surface area contributed by atoms with Crippen molar-refractivity contribution in [1.29, 1.82) is 0 Å². The zero-order chi connectivity index (χ0) is 23.2. The van der Waals surface area contributed by atoms with E-state index in [2.05, 4.69) is 16.0 Å². The van der Waals surface area contributed by atoms with Gasteiger partial charge in [-0.05, 0) is 78.4 Å². The molecular weight excluding hydrogens is 400 g/mol. The molecular formula is C21H40N6O4. The van der Waals surface area contributed by atoms with Crippen LogP contribution in [0.5, 0.6) is 0 Å². The van der Waals surface area contributed by atoms with Crippen LogP contribution in [0, 0.1) is 0 Å². The highest BCUT2D eigenvalue weighted by molar-refractivity contribution is 5.94. The molecule has 0 radical (unpaired) electrons. The minimum atomic E-state index is -0.780. The molecule has 178 valence electrons. The number of hydrogen-bond donors (Lipinski definition) is 5. The summed E-state index contributed by atoms with van der Waals surface area (Å²) in [6.07, 6.45) is 5.13. The van der Waals surface area contributed by atoms with Crippen LogP contribution in [0.25, 0.3) is 0 Å². The van der Waals surface area contributed by atoms with Crippen molar-refractivity contribution < 1.29 is 19.2 Å². The lowest BCUT2D eigenvalue weighted by molar-refractivity contribution is -0.139. The molecule has 0 bridgehead atoms. The lowest BCUT2D eigenvalue weighted by Crippen LogP contribution is -2.55. The molecule has 1 aliphatic rings. The van der Waals surface area contributed by atoms with Crippen molar-refractivity contribution in [3.8, 4) is 0 Å². The van der Waals surface area contributed by atoms with Crippen molar-refractivity contribution in [3.63, 3.8) is 0 Å². The first-order valence-corrected chi connectivity index (χ1v) is 11.3. The average molecular weight is 441 g/mol. The second-order valence-corrected chi connectivity index (χ2v) is 8.08. The summed E-state index contributed by atoms with van der Waals surface area (Å²) >= 11 is 0. The van der Waals surface area contributed by atoms with Gasteiger partial charge in [-0.15, -0.1) is 0 Å². The first-order valence-electron chi connectivity index (χ1n) is 11.3. The Morgan fingerprint density at radius 2 is 1.58 bits per heavy atom. The summed E-state index contributed by atoms with van der Waals surface area (Å²) in [4.78, 5) is 51.7. The summed E-state index contributed by atoms with van der Waals surface area (Å²) in [6, 6.07) is -1.97. The van der Waals surface area contributed by atoms with E-state index in [4.69, 9.17) is 11.5 Å². The minimum Gasteiger partial charge on any atom is -0.345 e. The van der Waals surface area contributed by atoms with E-state index in [-0.39, 0.29) is 30.0 Å². The second kappa shape index (κ2) is 14.9. The lowest BCUT2D eigenvalue weighted by atomic mass is 10.0. The van der Waals surface area contributed by atoms with Gasteiger partial charge in [0, 0.05) is 6.54 Å². The van der Waals surface area contributed by atoms with Gasteiger partial charge in [0.15, 0.2) is 5.78 Å². The van der Waals surface area contributed by atoms with E-state index in [9.17, 15) is 19.2 Å². The highest BCUT2D eigenvalue weighted by Crippen LogP contribution is 2.18. The average Bonchev–Trinajstić information content (AvgIpc) is 3.22. The first kappa shape index (κ1) is 27.0. The summed E-state index contributed by atoms with van der Waals surface area (Å²) in [5, 5.41) is 8.42. The molecule has 7 N–H and O–H groups in total. The minimum absolute atomic E-state index is 0.128. The number of carbonyl (C=O) groups is 4. The number of carbonyl (C=O) groups excluding carboxylic acids is 4. The maximum Gasteiger partial charge on any atom is 0.243 e. The molecule has 3 atom stereocenters. The van der Waals surface area contributed by atoms with Gasteiger partial charge in [0.1, 0.15) is 12.1 Å². The molecule has 0 aromatic carbocycles. The largest absolute Gasteiger partial charge is 0.345 e. The fraction of sp³-hybridized carbons (Fsp3) is 0.810. The molecule has 1 fully saturated rings. The zero-order valence-corrected chi connectivity index (χ0v) is 19.0. The fourth-order valence-electron chi connectivity index (χ4n) is 3.76. The summed E-state index contributed by atoms with van der Waals surface area (Å²) in [5.41, 5.74) is 11.1. The third-order valence-electron chi connectivity index (χ3n) is 5.54. The van der Waals surface area contributed by atoms with Crippen LogP contribution in [-0.4, -0.2) is 79.8 Å². The van der Waals surface area contributed by atoms with Crippen LogP contribution in [0.2, 0.25) is 0 Å². The molecule has 0 aliphatic carbocycles. The molecule has 1 aliphatic heterocycles. The Labute approximate surface area is 185 Å². The molecule has 10 nitrogen and oxygen atoms in total. The Kier molecular flexibility index (Phi) is 13.0. The Bertz CT molecular complexity index is 600. The Hall–Kier alpha value is -2.04.